The van der Waals surface area contributed by atoms with E-state index >= 15 is 0 Å². The molecule has 1 aliphatic rings. The number of amides is 1. The number of hydrogen-bond acceptors (Lipinski definition) is 8. The number of anilines is 1. The quantitative estimate of drug-likeness (QED) is 0.261. The topological polar surface area (TPSA) is 116 Å². The molecule has 0 bridgehead atoms. The third-order valence-electron chi connectivity index (χ3n) is 6.06. The maximum absolute atomic E-state index is 12.8. The molecule has 0 aliphatic carbocycles. The summed E-state index contributed by atoms with van der Waals surface area (Å²) in [6, 6.07) is 13.2. The van der Waals surface area contributed by atoms with Gasteiger partial charge in [-0.2, -0.15) is 0 Å². The van der Waals surface area contributed by atoms with Crippen LogP contribution >= 0.6 is 0 Å². The number of rotatable bonds is 9. The highest BCUT2D eigenvalue weighted by Crippen LogP contribution is 2.40. The lowest BCUT2D eigenvalue weighted by Gasteiger charge is -2.34. The highest BCUT2D eigenvalue weighted by molar-refractivity contribution is 6.03. The second-order valence-electron chi connectivity index (χ2n) is 8.58. The SMILES string of the molecule is COC(=O)c1cc2c3c(cc(OCCCOC(C)=O)c2[nH]1)N(C(=O)OC)C[C@@H](OCc1ccccc1)C3. The normalized spacial score (nSPS) is 14.7. The number of hydrogen-bond donors (Lipinski definition) is 1. The summed E-state index contributed by atoms with van der Waals surface area (Å²) in [4.78, 5) is 40.7. The second-order valence-corrected chi connectivity index (χ2v) is 8.58. The van der Waals surface area contributed by atoms with E-state index in [2.05, 4.69) is 4.98 Å². The molecule has 2 heterocycles. The Labute approximate surface area is 214 Å². The summed E-state index contributed by atoms with van der Waals surface area (Å²) in [7, 11) is 2.63. The molecule has 0 radical (unpaired) electrons. The lowest BCUT2D eigenvalue weighted by Crippen LogP contribution is -2.43. The molecule has 0 saturated carbocycles. The molecular formula is C27H30N2O8. The minimum atomic E-state index is -0.529. The number of aromatic amines is 1. The van der Waals surface area contributed by atoms with E-state index in [1.807, 2.05) is 30.3 Å². The first kappa shape index (κ1) is 26.0. The molecule has 0 spiro atoms. The standard InChI is InChI=1S/C27H30N2O8/c1-17(30)35-10-7-11-36-24-14-23-20(21-13-22(26(31)33-2)28-25(21)24)12-19(15-29(23)27(32)34-3)37-16-18-8-5-4-6-9-18/h4-6,8-9,13-14,19,28H,7,10-12,15-16H2,1-3H3/t19-/m0/s1. The van der Waals surface area contributed by atoms with E-state index in [-0.39, 0.29) is 37.5 Å². The van der Waals surface area contributed by atoms with Gasteiger partial charge in [-0.05, 0) is 17.2 Å². The van der Waals surface area contributed by atoms with Gasteiger partial charge in [-0.1, -0.05) is 30.3 Å². The molecule has 0 saturated heterocycles. The second kappa shape index (κ2) is 11.8. The Kier molecular flexibility index (Phi) is 8.29. The Morgan fingerprint density at radius 2 is 1.84 bits per heavy atom. The van der Waals surface area contributed by atoms with Gasteiger partial charge in [0.05, 0.1) is 57.9 Å². The fraction of sp³-hybridized carbons (Fsp3) is 0.370. The van der Waals surface area contributed by atoms with E-state index in [1.165, 1.54) is 26.0 Å². The van der Waals surface area contributed by atoms with Crippen LogP contribution in [0.25, 0.3) is 10.9 Å². The molecular weight excluding hydrogens is 480 g/mol. The van der Waals surface area contributed by atoms with Crippen molar-refractivity contribution >= 4 is 34.6 Å². The zero-order chi connectivity index (χ0) is 26.4. The molecule has 2 aromatic carbocycles. The van der Waals surface area contributed by atoms with Gasteiger partial charge in [-0.25, -0.2) is 9.59 Å². The largest absolute Gasteiger partial charge is 0.491 e. The number of benzene rings is 2. The molecule has 1 amide bonds. The number of nitrogens with zero attached hydrogens (tertiary/aromatic N) is 1. The van der Waals surface area contributed by atoms with Crippen LogP contribution in [0.1, 0.15) is 35.0 Å². The van der Waals surface area contributed by atoms with E-state index in [1.54, 1.807) is 12.1 Å². The van der Waals surface area contributed by atoms with E-state index in [9.17, 15) is 14.4 Å². The van der Waals surface area contributed by atoms with Gasteiger partial charge >= 0.3 is 18.0 Å². The van der Waals surface area contributed by atoms with Crippen molar-refractivity contribution in [3.63, 3.8) is 0 Å². The minimum Gasteiger partial charge on any atom is -0.491 e. The first-order chi connectivity index (χ1) is 17.9. The number of ether oxygens (including phenoxy) is 5. The number of H-pyrrole nitrogens is 1. The average molecular weight is 511 g/mol. The molecule has 4 rings (SSSR count). The van der Waals surface area contributed by atoms with Gasteiger partial charge < -0.3 is 28.7 Å². The van der Waals surface area contributed by atoms with Gasteiger partial charge in [-0.15, -0.1) is 0 Å². The molecule has 196 valence electrons. The van der Waals surface area contributed by atoms with Crippen LogP contribution in [-0.4, -0.2) is 63.1 Å². The summed E-state index contributed by atoms with van der Waals surface area (Å²) >= 11 is 0. The van der Waals surface area contributed by atoms with Crippen molar-refractivity contribution in [2.45, 2.75) is 32.5 Å². The summed E-state index contributed by atoms with van der Waals surface area (Å²) in [6.07, 6.45) is 0.149. The Bertz CT molecular complexity index is 1270. The van der Waals surface area contributed by atoms with Crippen molar-refractivity contribution in [1.82, 2.24) is 4.98 Å². The number of nitrogens with one attached hydrogen (secondary N) is 1. The van der Waals surface area contributed by atoms with Crippen LogP contribution in [0.15, 0.2) is 42.5 Å². The highest BCUT2D eigenvalue weighted by atomic mass is 16.5. The summed E-state index contributed by atoms with van der Waals surface area (Å²) in [5.74, 6) is -0.437. The Morgan fingerprint density at radius 1 is 1.05 bits per heavy atom. The third-order valence-corrected chi connectivity index (χ3v) is 6.06. The molecule has 10 heteroatoms. The molecule has 1 atom stereocenters. The average Bonchev–Trinajstić information content (AvgIpc) is 3.37. The Hall–Kier alpha value is -4.05. The minimum absolute atomic E-state index is 0.219. The molecule has 0 fully saturated rings. The van der Waals surface area contributed by atoms with E-state index in [4.69, 9.17) is 23.7 Å². The molecule has 37 heavy (non-hydrogen) atoms. The van der Waals surface area contributed by atoms with Gasteiger partial charge in [0.1, 0.15) is 11.4 Å². The Balaban J connectivity index is 1.68. The maximum atomic E-state index is 12.8. The van der Waals surface area contributed by atoms with Crippen LogP contribution in [-0.2, 0) is 36.8 Å². The highest BCUT2D eigenvalue weighted by Gasteiger charge is 2.33. The van der Waals surface area contributed by atoms with Crippen LogP contribution in [0.4, 0.5) is 10.5 Å². The molecule has 3 aromatic rings. The predicted octanol–water partition coefficient (Wildman–Crippen LogP) is 4.00. The fourth-order valence-electron chi connectivity index (χ4n) is 4.33. The molecule has 1 aromatic heterocycles. The maximum Gasteiger partial charge on any atom is 0.414 e. The molecule has 0 unspecified atom stereocenters. The van der Waals surface area contributed by atoms with E-state index in [0.717, 1.165) is 16.5 Å². The van der Waals surface area contributed by atoms with Crippen molar-refractivity contribution in [2.75, 3.05) is 38.9 Å². The molecule has 1 N–H and O–H groups in total. The van der Waals surface area contributed by atoms with Crippen molar-refractivity contribution in [2.24, 2.45) is 0 Å². The van der Waals surface area contributed by atoms with Crippen LogP contribution in [0.5, 0.6) is 5.75 Å². The molecule has 10 nitrogen and oxygen atoms in total. The predicted molar refractivity (Wildman–Crippen MR) is 135 cm³/mol. The van der Waals surface area contributed by atoms with Crippen LogP contribution in [0.2, 0.25) is 0 Å². The Morgan fingerprint density at radius 3 is 2.54 bits per heavy atom. The third kappa shape index (κ3) is 6.03. The lowest BCUT2D eigenvalue weighted by atomic mass is 9.95. The van der Waals surface area contributed by atoms with Crippen LogP contribution in [0, 0.1) is 0 Å². The summed E-state index contributed by atoms with van der Waals surface area (Å²) in [5.41, 5.74) is 3.32. The fourth-order valence-corrected chi connectivity index (χ4v) is 4.33. The van der Waals surface area contributed by atoms with E-state index in [0.29, 0.717) is 36.4 Å². The van der Waals surface area contributed by atoms with Crippen LogP contribution < -0.4 is 9.64 Å². The van der Waals surface area contributed by atoms with Gasteiger partial charge in [0.15, 0.2) is 0 Å². The number of carbonyl (C=O) groups excluding carboxylic acids is 3. The van der Waals surface area contributed by atoms with Gasteiger partial charge in [-0.3, -0.25) is 9.69 Å². The molecule has 1 aliphatic heterocycles. The van der Waals surface area contributed by atoms with E-state index < -0.39 is 12.1 Å². The summed E-state index contributed by atoms with van der Waals surface area (Å²) in [5, 5.41) is 0.717. The zero-order valence-corrected chi connectivity index (χ0v) is 21.1. The van der Waals surface area contributed by atoms with Crippen molar-refractivity contribution in [3.8, 4) is 5.75 Å². The van der Waals surface area contributed by atoms with Crippen LogP contribution in [0.3, 0.4) is 0 Å². The number of aromatic nitrogens is 1. The van der Waals surface area contributed by atoms with Gasteiger partial charge in [0.25, 0.3) is 0 Å². The van der Waals surface area contributed by atoms with Gasteiger partial charge in [0, 0.05) is 31.2 Å². The smallest absolute Gasteiger partial charge is 0.414 e. The van der Waals surface area contributed by atoms with Crippen molar-refractivity contribution in [1.29, 1.82) is 0 Å². The lowest BCUT2D eigenvalue weighted by molar-refractivity contribution is -0.141. The number of fused-ring (bicyclic) bond motifs is 3. The number of methoxy groups -OCH3 is 2. The van der Waals surface area contributed by atoms with Crippen molar-refractivity contribution in [3.05, 3.63) is 59.3 Å². The number of carbonyl (C=O) groups is 3. The van der Waals surface area contributed by atoms with Crippen molar-refractivity contribution < 1.29 is 38.1 Å². The first-order valence-electron chi connectivity index (χ1n) is 11.9. The number of esters is 2. The summed E-state index contributed by atoms with van der Waals surface area (Å²) < 4.78 is 27.1. The monoisotopic (exact) mass is 510 g/mol. The first-order valence-corrected chi connectivity index (χ1v) is 11.9. The summed E-state index contributed by atoms with van der Waals surface area (Å²) in [6.45, 7) is 2.51. The van der Waals surface area contributed by atoms with Gasteiger partial charge in [0.2, 0.25) is 0 Å². The zero-order valence-electron chi connectivity index (χ0n) is 21.1.